The predicted octanol–water partition coefficient (Wildman–Crippen LogP) is 4.83. The van der Waals surface area contributed by atoms with Gasteiger partial charge in [0.2, 0.25) is 5.91 Å². The zero-order valence-corrected chi connectivity index (χ0v) is 16.7. The Hall–Kier alpha value is -3.78. The van der Waals surface area contributed by atoms with E-state index in [9.17, 15) is 13.6 Å². The molecule has 1 N–H and O–H groups in total. The van der Waals surface area contributed by atoms with Gasteiger partial charge >= 0.3 is 0 Å². The second-order valence-electron chi connectivity index (χ2n) is 6.29. The standard InChI is InChI=1S/C23H20F2N2O4/c1-29-11-12-30-21-8-6-17(14-20(21)25)27-23(28)9-5-16-4-7-22(19(24)13-16)31-18-3-2-10-26-15-18/h2-10,13-15H,11-12H2,1H3,(H,27,28)/b9-5+. The number of carbonyl (C=O) groups excluding carboxylic acids is 1. The first-order valence-corrected chi connectivity index (χ1v) is 9.33. The van der Waals surface area contributed by atoms with Crippen LogP contribution in [0.5, 0.6) is 17.2 Å². The Morgan fingerprint density at radius 1 is 1.06 bits per heavy atom. The number of nitrogens with one attached hydrogen (secondary N) is 1. The van der Waals surface area contributed by atoms with Crippen LogP contribution < -0.4 is 14.8 Å². The van der Waals surface area contributed by atoms with E-state index < -0.39 is 17.5 Å². The van der Waals surface area contributed by atoms with Crippen molar-refractivity contribution < 1.29 is 27.8 Å². The lowest BCUT2D eigenvalue weighted by Crippen LogP contribution is -2.09. The third kappa shape index (κ3) is 6.61. The SMILES string of the molecule is COCCOc1ccc(NC(=O)/C=C/c2ccc(Oc3cccnc3)c(F)c2)cc1F. The van der Waals surface area contributed by atoms with Crippen LogP contribution in [0, 0.1) is 11.6 Å². The van der Waals surface area contributed by atoms with Crippen LogP contribution in [0.3, 0.4) is 0 Å². The molecule has 160 valence electrons. The summed E-state index contributed by atoms with van der Waals surface area (Å²) >= 11 is 0. The fourth-order valence-electron chi connectivity index (χ4n) is 2.52. The van der Waals surface area contributed by atoms with Gasteiger partial charge in [-0.3, -0.25) is 9.78 Å². The van der Waals surface area contributed by atoms with Gasteiger partial charge in [0.05, 0.1) is 12.8 Å². The van der Waals surface area contributed by atoms with E-state index in [1.54, 1.807) is 24.4 Å². The highest BCUT2D eigenvalue weighted by molar-refractivity contribution is 6.01. The molecule has 0 atom stereocenters. The maximum Gasteiger partial charge on any atom is 0.248 e. The zero-order valence-electron chi connectivity index (χ0n) is 16.7. The molecular weight excluding hydrogens is 406 g/mol. The fraction of sp³-hybridized carbons (Fsp3) is 0.130. The molecule has 0 radical (unpaired) electrons. The lowest BCUT2D eigenvalue weighted by atomic mass is 10.2. The van der Waals surface area contributed by atoms with E-state index in [2.05, 4.69) is 10.3 Å². The van der Waals surface area contributed by atoms with Crippen LogP contribution in [0.1, 0.15) is 5.56 Å². The van der Waals surface area contributed by atoms with Crippen molar-refractivity contribution in [1.82, 2.24) is 4.98 Å². The number of halogens is 2. The van der Waals surface area contributed by atoms with Gasteiger partial charge in [-0.2, -0.15) is 0 Å². The van der Waals surface area contributed by atoms with Gasteiger partial charge in [0, 0.05) is 31.1 Å². The summed E-state index contributed by atoms with van der Waals surface area (Å²) in [5, 5.41) is 2.53. The summed E-state index contributed by atoms with van der Waals surface area (Å²) in [6.07, 6.45) is 5.71. The Bertz CT molecular complexity index is 1060. The van der Waals surface area contributed by atoms with Crippen LogP contribution in [0.25, 0.3) is 6.08 Å². The Morgan fingerprint density at radius 3 is 2.58 bits per heavy atom. The van der Waals surface area contributed by atoms with Crippen molar-refractivity contribution in [1.29, 1.82) is 0 Å². The van der Waals surface area contributed by atoms with Gasteiger partial charge in [0.15, 0.2) is 23.1 Å². The Kier molecular flexibility index (Phi) is 7.67. The number of aromatic nitrogens is 1. The van der Waals surface area contributed by atoms with E-state index in [0.29, 0.717) is 17.9 Å². The average molecular weight is 426 g/mol. The summed E-state index contributed by atoms with van der Waals surface area (Å²) in [6.45, 7) is 0.546. The fourth-order valence-corrected chi connectivity index (χ4v) is 2.52. The molecule has 1 amide bonds. The van der Waals surface area contributed by atoms with Crippen LogP contribution in [0.4, 0.5) is 14.5 Å². The number of amides is 1. The van der Waals surface area contributed by atoms with Gasteiger partial charge in [-0.1, -0.05) is 6.07 Å². The number of carbonyl (C=O) groups is 1. The van der Waals surface area contributed by atoms with E-state index in [1.165, 1.54) is 49.7 Å². The van der Waals surface area contributed by atoms with Crippen molar-refractivity contribution in [2.24, 2.45) is 0 Å². The number of anilines is 1. The van der Waals surface area contributed by atoms with Crippen molar-refractivity contribution in [3.8, 4) is 17.2 Å². The molecule has 0 aliphatic carbocycles. The smallest absolute Gasteiger partial charge is 0.248 e. The lowest BCUT2D eigenvalue weighted by molar-refractivity contribution is -0.111. The summed E-state index contributed by atoms with van der Waals surface area (Å²) in [7, 11) is 1.52. The first-order chi connectivity index (χ1) is 15.0. The van der Waals surface area contributed by atoms with Crippen molar-refractivity contribution >= 4 is 17.7 Å². The highest BCUT2D eigenvalue weighted by atomic mass is 19.1. The molecule has 0 fully saturated rings. The number of hydrogen-bond acceptors (Lipinski definition) is 5. The van der Waals surface area contributed by atoms with E-state index in [1.807, 2.05) is 0 Å². The molecule has 3 aromatic rings. The molecule has 8 heteroatoms. The molecule has 1 heterocycles. The number of rotatable bonds is 9. The number of nitrogens with zero attached hydrogens (tertiary/aromatic N) is 1. The van der Waals surface area contributed by atoms with Gasteiger partial charge in [-0.15, -0.1) is 0 Å². The number of ether oxygens (including phenoxy) is 3. The highest BCUT2D eigenvalue weighted by Crippen LogP contribution is 2.25. The van der Waals surface area contributed by atoms with Gasteiger partial charge in [0.1, 0.15) is 12.4 Å². The number of benzene rings is 2. The second kappa shape index (κ2) is 10.8. The molecule has 3 rings (SSSR count). The Labute approximate surface area is 178 Å². The normalized spacial score (nSPS) is 10.8. The first-order valence-electron chi connectivity index (χ1n) is 9.33. The topological polar surface area (TPSA) is 69.7 Å². The average Bonchev–Trinajstić information content (AvgIpc) is 2.76. The first kappa shape index (κ1) is 21.9. The summed E-state index contributed by atoms with van der Waals surface area (Å²) < 4.78 is 43.8. The van der Waals surface area contributed by atoms with Gasteiger partial charge in [-0.25, -0.2) is 8.78 Å². The predicted molar refractivity (Wildman–Crippen MR) is 112 cm³/mol. The minimum absolute atomic E-state index is 0.0397. The van der Waals surface area contributed by atoms with Crippen molar-refractivity contribution in [2.45, 2.75) is 0 Å². The minimum Gasteiger partial charge on any atom is -0.488 e. The third-order valence-corrected chi connectivity index (χ3v) is 3.99. The molecule has 0 aliphatic heterocycles. The van der Waals surface area contributed by atoms with E-state index in [0.717, 1.165) is 6.07 Å². The molecule has 0 spiro atoms. The maximum absolute atomic E-state index is 14.3. The van der Waals surface area contributed by atoms with Crippen LogP contribution in [0.15, 0.2) is 67.0 Å². The van der Waals surface area contributed by atoms with Crippen LogP contribution in [-0.2, 0) is 9.53 Å². The highest BCUT2D eigenvalue weighted by Gasteiger charge is 2.08. The molecule has 0 aliphatic rings. The monoisotopic (exact) mass is 426 g/mol. The van der Waals surface area contributed by atoms with Gasteiger partial charge in [-0.05, 0) is 48.0 Å². The van der Waals surface area contributed by atoms with Crippen molar-refractivity contribution in [2.75, 3.05) is 25.6 Å². The summed E-state index contributed by atoms with van der Waals surface area (Å²) in [4.78, 5) is 16.0. The van der Waals surface area contributed by atoms with Crippen molar-refractivity contribution in [3.63, 3.8) is 0 Å². The Balaban J connectivity index is 1.58. The largest absolute Gasteiger partial charge is 0.488 e. The Morgan fingerprint density at radius 2 is 1.87 bits per heavy atom. The molecule has 1 aromatic heterocycles. The summed E-state index contributed by atoms with van der Waals surface area (Å²) in [6, 6.07) is 11.7. The number of pyridine rings is 1. The second-order valence-corrected chi connectivity index (χ2v) is 6.29. The summed E-state index contributed by atoms with van der Waals surface area (Å²) in [5.74, 6) is -1.18. The molecule has 6 nitrogen and oxygen atoms in total. The quantitative estimate of drug-likeness (QED) is 0.392. The molecule has 0 saturated heterocycles. The van der Waals surface area contributed by atoms with E-state index in [4.69, 9.17) is 14.2 Å². The van der Waals surface area contributed by atoms with Crippen LogP contribution in [0.2, 0.25) is 0 Å². The third-order valence-electron chi connectivity index (χ3n) is 3.99. The zero-order chi connectivity index (χ0) is 22.1. The van der Waals surface area contributed by atoms with E-state index in [-0.39, 0.29) is 23.8 Å². The van der Waals surface area contributed by atoms with Gasteiger partial charge < -0.3 is 19.5 Å². The molecule has 2 aromatic carbocycles. The van der Waals surface area contributed by atoms with Crippen LogP contribution >= 0.6 is 0 Å². The molecule has 31 heavy (non-hydrogen) atoms. The molecule has 0 saturated carbocycles. The van der Waals surface area contributed by atoms with Gasteiger partial charge in [0.25, 0.3) is 0 Å². The minimum atomic E-state index is -0.607. The number of methoxy groups -OCH3 is 1. The summed E-state index contributed by atoms with van der Waals surface area (Å²) in [5.41, 5.74) is 0.719. The lowest BCUT2D eigenvalue weighted by Gasteiger charge is -2.08. The van der Waals surface area contributed by atoms with Crippen LogP contribution in [-0.4, -0.2) is 31.2 Å². The molecular formula is C23H20F2N2O4. The number of hydrogen-bond donors (Lipinski definition) is 1. The molecule has 0 bridgehead atoms. The maximum atomic E-state index is 14.3. The van der Waals surface area contributed by atoms with E-state index >= 15 is 0 Å². The molecule has 0 unspecified atom stereocenters. The van der Waals surface area contributed by atoms with Crippen molar-refractivity contribution in [3.05, 3.63) is 84.2 Å².